The van der Waals surface area contributed by atoms with Crippen LogP contribution in [0.5, 0.6) is 0 Å². The Balaban J connectivity index is 2.14. The number of anilines is 2. The molecule has 72 valence electrons. The van der Waals surface area contributed by atoms with Gasteiger partial charge in [-0.15, -0.1) is 0 Å². The second kappa shape index (κ2) is 3.21. The van der Waals surface area contributed by atoms with Gasteiger partial charge in [0.05, 0.1) is 18.1 Å². The Kier molecular flexibility index (Phi) is 1.90. The molecule has 0 aromatic carbocycles. The lowest BCUT2D eigenvalue weighted by Crippen LogP contribution is -2.14. The minimum Gasteiger partial charge on any atom is -0.396 e. The van der Waals surface area contributed by atoms with Crippen molar-refractivity contribution in [1.82, 2.24) is 20.4 Å². The highest BCUT2D eigenvalue weighted by molar-refractivity contribution is 6.05. The van der Waals surface area contributed by atoms with Crippen LogP contribution < -0.4 is 11.1 Å². The number of rotatable bonds is 2. The van der Waals surface area contributed by atoms with Crippen LogP contribution in [-0.2, 0) is 0 Å². The first-order valence-corrected chi connectivity index (χ1v) is 3.87. The fourth-order valence-electron chi connectivity index (χ4n) is 0.988. The molecule has 7 nitrogen and oxygen atoms in total. The predicted octanol–water partition coefficient (Wildman–Crippen LogP) is -0.0327. The number of hydrogen-bond acceptors (Lipinski definition) is 4. The Bertz CT molecular complexity index is 431. The van der Waals surface area contributed by atoms with Crippen molar-refractivity contribution in [3.8, 4) is 0 Å². The van der Waals surface area contributed by atoms with E-state index in [-0.39, 0.29) is 11.6 Å². The molecule has 0 aliphatic carbocycles. The largest absolute Gasteiger partial charge is 0.396 e. The molecule has 2 aromatic heterocycles. The molecule has 0 saturated carbocycles. The highest BCUT2D eigenvalue weighted by Crippen LogP contribution is 2.08. The summed E-state index contributed by atoms with van der Waals surface area (Å²) in [5.41, 5.74) is 6.03. The summed E-state index contributed by atoms with van der Waals surface area (Å²) in [6.07, 6.45) is 2.91. The van der Waals surface area contributed by atoms with Gasteiger partial charge in [0.15, 0.2) is 0 Å². The van der Waals surface area contributed by atoms with Gasteiger partial charge in [-0.3, -0.25) is 15.0 Å². The van der Waals surface area contributed by atoms with Gasteiger partial charge in [0, 0.05) is 6.07 Å². The molecule has 0 atom stereocenters. The number of carbonyl (C=O) groups is 1. The van der Waals surface area contributed by atoms with Gasteiger partial charge in [0.25, 0.3) is 5.91 Å². The van der Waals surface area contributed by atoms with Crippen molar-refractivity contribution in [2.45, 2.75) is 0 Å². The lowest BCUT2D eigenvalue weighted by Gasteiger charge is -1.99. The minimum atomic E-state index is -0.357. The monoisotopic (exact) mass is 192 g/mol. The van der Waals surface area contributed by atoms with Crippen LogP contribution in [0.4, 0.5) is 11.5 Å². The Labute approximate surface area is 78.7 Å². The summed E-state index contributed by atoms with van der Waals surface area (Å²) in [5.74, 6) is 0.147. The second-order valence-electron chi connectivity index (χ2n) is 2.62. The van der Waals surface area contributed by atoms with Crippen LogP contribution >= 0.6 is 0 Å². The van der Waals surface area contributed by atoms with Crippen molar-refractivity contribution in [1.29, 1.82) is 0 Å². The highest BCUT2D eigenvalue weighted by Gasteiger charge is 2.11. The van der Waals surface area contributed by atoms with Crippen LogP contribution in [-0.4, -0.2) is 26.3 Å². The summed E-state index contributed by atoms with van der Waals surface area (Å²) in [6.45, 7) is 0. The number of nitrogens with zero attached hydrogens (tertiary/aromatic N) is 2. The first-order valence-electron chi connectivity index (χ1n) is 3.87. The summed E-state index contributed by atoms with van der Waals surface area (Å²) >= 11 is 0. The van der Waals surface area contributed by atoms with Crippen molar-refractivity contribution in [2.75, 3.05) is 11.1 Å². The van der Waals surface area contributed by atoms with Gasteiger partial charge in [-0.25, -0.2) is 0 Å². The van der Waals surface area contributed by atoms with Gasteiger partial charge in [-0.05, 0) is 0 Å². The molecule has 14 heavy (non-hydrogen) atoms. The molecular formula is C7H8N6O. The quantitative estimate of drug-likeness (QED) is 0.535. The maximum atomic E-state index is 11.5. The first-order chi connectivity index (χ1) is 6.77. The molecule has 1 amide bonds. The minimum absolute atomic E-state index is 0.236. The van der Waals surface area contributed by atoms with Crippen LogP contribution in [0.15, 0.2) is 18.5 Å². The van der Waals surface area contributed by atoms with Crippen molar-refractivity contribution >= 4 is 17.4 Å². The summed E-state index contributed by atoms with van der Waals surface area (Å²) < 4.78 is 0. The molecule has 2 rings (SSSR count). The van der Waals surface area contributed by atoms with E-state index in [1.807, 2.05) is 0 Å². The van der Waals surface area contributed by atoms with Crippen LogP contribution in [0.2, 0.25) is 0 Å². The molecule has 2 aromatic rings. The Hall–Kier alpha value is -2.31. The lowest BCUT2D eigenvalue weighted by molar-refractivity contribution is 0.102. The molecule has 0 saturated heterocycles. The third kappa shape index (κ3) is 1.42. The molecule has 0 fully saturated rings. The van der Waals surface area contributed by atoms with E-state index in [0.29, 0.717) is 11.5 Å². The summed E-state index contributed by atoms with van der Waals surface area (Å²) in [4.78, 5) is 11.5. The van der Waals surface area contributed by atoms with E-state index in [4.69, 9.17) is 5.73 Å². The van der Waals surface area contributed by atoms with Gasteiger partial charge in [-0.2, -0.15) is 10.2 Å². The fourth-order valence-corrected chi connectivity index (χ4v) is 0.988. The first kappa shape index (κ1) is 8.30. The summed E-state index contributed by atoms with van der Waals surface area (Å²) in [5, 5.41) is 15.0. The zero-order chi connectivity index (χ0) is 9.97. The molecule has 0 spiro atoms. The number of H-pyrrole nitrogens is 2. The van der Waals surface area contributed by atoms with Crippen LogP contribution in [0, 0.1) is 0 Å². The highest BCUT2D eigenvalue weighted by atomic mass is 16.2. The topological polar surface area (TPSA) is 112 Å². The third-order valence-corrected chi connectivity index (χ3v) is 1.64. The van der Waals surface area contributed by atoms with Gasteiger partial charge >= 0.3 is 0 Å². The predicted molar refractivity (Wildman–Crippen MR) is 49.5 cm³/mol. The standard InChI is InChI=1S/C7H8N6O/c8-4-3-10-13-6(4)7(14)11-5-1-2-9-12-5/h1-3H,8H2,(H,10,13)(H2,9,11,12,14). The van der Waals surface area contributed by atoms with E-state index in [0.717, 1.165) is 0 Å². The van der Waals surface area contributed by atoms with Crippen molar-refractivity contribution < 1.29 is 4.79 Å². The number of aromatic nitrogens is 4. The Morgan fingerprint density at radius 2 is 2.29 bits per heavy atom. The van der Waals surface area contributed by atoms with E-state index < -0.39 is 0 Å². The van der Waals surface area contributed by atoms with E-state index in [9.17, 15) is 4.79 Å². The van der Waals surface area contributed by atoms with Crippen molar-refractivity contribution in [2.24, 2.45) is 0 Å². The number of amides is 1. The molecular weight excluding hydrogens is 184 g/mol. The normalized spacial score (nSPS) is 10.0. The van der Waals surface area contributed by atoms with Crippen LogP contribution in [0.25, 0.3) is 0 Å². The molecule has 5 N–H and O–H groups in total. The van der Waals surface area contributed by atoms with E-state index in [1.54, 1.807) is 6.07 Å². The Morgan fingerprint density at radius 3 is 2.86 bits per heavy atom. The number of aromatic amines is 2. The van der Waals surface area contributed by atoms with E-state index >= 15 is 0 Å². The lowest BCUT2D eigenvalue weighted by atomic mass is 10.3. The SMILES string of the molecule is Nc1cn[nH]c1C(=O)Nc1ccn[nH]1. The fraction of sp³-hybridized carbons (Fsp3) is 0. The van der Waals surface area contributed by atoms with E-state index in [2.05, 4.69) is 25.7 Å². The number of nitrogen functional groups attached to an aromatic ring is 1. The molecule has 0 aliphatic rings. The zero-order valence-electron chi connectivity index (χ0n) is 7.11. The zero-order valence-corrected chi connectivity index (χ0v) is 7.11. The maximum Gasteiger partial charge on any atom is 0.276 e. The molecule has 0 bridgehead atoms. The number of nitrogens with one attached hydrogen (secondary N) is 3. The van der Waals surface area contributed by atoms with E-state index in [1.165, 1.54) is 12.4 Å². The number of carbonyl (C=O) groups excluding carboxylic acids is 1. The Morgan fingerprint density at radius 1 is 1.43 bits per heavy atom. The number of nitrogens with two attached hydrogens (primary N) is 1. The second-order valence-corrected chi connectivity index (χ2v) is 2.62. The molecule has 0 unspecified atom stereocenters. The van der Waals surface area contributed by atoms with Gasteiger partial charge in [0.1, 0.15) is 11.5 Å². The molecule has 7 heteroatoms. The summed E-state index contributed by atoms with van der Waals surface area (Å²) in [6, 6.07) is 1.63. The molecule has 0 aliphatic heterocycles. The van der Waals surface area contributed by atoms with Crippen LogP contribution in [0.3, 0.4) is 0 Å². The smallest absolute Gasteiger partial charge is 0.276 e. The number of hydrogen-bond donors (Lipinski definition) is 4. The molecule has 2 heterocycles. The summed E-state index contributed by atoms with van der Waals surface area (Å²) in [7, 11) is 0. The molecule has 0 radical (unpaired) electrons. The maximum absolute atomic E-state index is 11.5. The van der Waals surface area contributed by atoms with Gasteiger partial charge in [-0.1, -0.05) is 0 Å². The van der Waals surface area contributed by atoms with Crippen molar-refractivity contribution in [3.63, 3.8) is 0 Å². The van der Waals surface area contributed by atoms with Crippen molar-refractivity contribution in [3.05, 3.63) is 24.2 Å². The average molecular weight is 192 g/mol. The van der Waals surface area contributed by atoms with Crippen LogP contribution in [0.1, 0.15) is 10.5 Å². The van der Waals surface area contributed by atoms with Gasteiger partial charge < -0.3 is 11.1 Å². The van der Waals surface area contributed by atoms with Gasteiger partial charge in [0.2, 0.25) is 0 Å². The average Bonchev–Trinajstić information content (AvgIpc) is 2.75. The third-order valence-electron chi connectivity index (χ3n) is 1.64.